The highest BCUT2D eigenvalue weighted by molar-refractivity contribution is 6.29. The fraction of sp³-hybridized carbons (Fsp3) is 0.524. The molecule has 0 unspecified atom stereocenters. The smallest absolute Gasteiger partial charge is 0.131 e. The largest absolute Gasteiger partial charge is 0.393 e. The third-order valence-corrected chi connectivity index (χ3v) is 5.10. The van der Waals surface area contributed by atoms with Crippen molar-refractivity contribution in [1.82, 2.24) is 19.7 Å². The quantitative estimate of drug-likeness (QED) is 0.575. The Labute approximate surface area is 171 Å². The molecule has 150 valence electrons. The van der Waals surface area contributed by atoms with Crippen LogP contribution in [0.4, 0.5) is 5.69 Å². The molecule has 0 atom stereocenters. The van der Waals surface area contributed by atoms with Gasteiger partial charge < -0.3 is 15.3 Å². The number of hydrogen-bond acceptors (Lipinski definition) is 5. The Morgan fingerprint density at radius 1 is 1.25 bits per heavy atom. The van der Waals surface area contributed by atoms with Gasteiger partial charge in [0.1, 0.15) is 5.15 Å². The zero-order valence-corrected chi connectivity index (χ0v) is 17.3. The Hall–Kier alpha value is -2.07. The van der Waals surface area contributed by atoms with Crippen molar-refractivity contribution in [3.8, 4) is 11.8 Å². The second kappa shape index (κ2) is 9.92. The number of aliphatic hydroxyl groups excluding tert-OH is 1. The van der Waals surface area contributed by atoms with E-state index in [0.29, 0.717) is 11.2 Å². The second-order valence-electron chi connectivity index (χ2n) is 7.60. The molecule has 6 nitrogen and oxygen atoms in total. The first-order valence-corrected chi connectivity index (χ1v) is 10.2. The third-order valence-electron chi connectivity index (χ3n) is 4.89. The van der Waals surface area contributed by atoms with Gasteiger partial charge in [-0.2, -0.15) is 5.10 Å². The van der Waals surface area contributed by atoms with Crippen LogP contribution in [-0.2, 0) is 6.54 Å². The fourth-order valence-electron chi connectivity index (χ4n) is 3.33. The van der Waals surface area contributed by atoms with Gasteiger partial charge in [0.15, 0.2) is 0 Å². The average Bonchev–Trinajstić information content (AvgIpc) is 3.10. The van der Waals surface area contributed by atoms with E-state index in [-0.39, 0.29) is 6.10 Å². The maximum absolute atomic E-state index is 9.69. The van der Waals surface area contributed by atoms with Crippen LogP contribution in [0.5, 0.6) is 0 Å². The summed E-state index contributed by atoms with van der Waals surface area (Å²) < 4.78 is 1.93. The minimum atomic E-state index is -0.174. The van der Waals surface area contributed by atoms with Crippen molar-refractivity contribution in [2.24, 2.45) is 0 Å². The Morgan fingerprint density at radius 3 is 2.79 bits per heavy atom. The molecular formula is C21H28ClN5O. The van der Waals surface area contributed by atoms with Gasteiger partial charge in [-0.25, -0.2) is 4.98 Å². The summed E-state index contributed by atoms with van der Waals surface area (Å²) in [5.41, 5.74) is 2.59. The first-order valence-electron chi connectivity index (χ1n) is 9.79. The summed E-state index contributed by atoms with van der Waals surface area (Å²) >= 11 is 6.09. The van der Waals surface area contributed by atoms with E-state index in [4.69, 9.17) is 11.6 Å². The Bertz CT molecular complexity index is 831. The SMILES string of the molecule is CN(C)CCCn1cc(C#Cc2cnc(Cl)cc2NC2CCC(O)CC2)cn1. The molecule has 2 N–H and O–H groups in total. The molecule has 1 aliphatic rings. The lowest BCUT2D eigenvalue weighted by Gasteiger charge is -2.27. The number of rotatable bonds is 6. The van der Waals surface area contributed by atoms with Gasteiger partial charge in [-0.3, -0.25) is 4.68 Å². The molecule has 2 aromatic rings. The summed E-state index contributed by atoms with van der Waals surface area (Å²) in [5.74, 6) is 6.38. The number of hydrogen-bond donors (Lipinski definition) is 2. The number of nitrogens with one attached hydrogen (secondary N) is 1. The van der Waals surface area contributed by atoms with Gasteiger partial charge in [0.05, 0.1) is 29.1 Å². The van der Waals surface area contributed by atoms with E-state index in [1.807, 2.05) is 16.9 Å². The van der Waals surface area contributed by atoms with Gasteiger partial charge in [-0.1, -0.05) is 23.4 Å². The van der Waals surface area contributed by atoms with Crippen molar-refractivity contribution in [3.05, 3.63) is 40.9 Å². The summed E-state index contributed by atoms with van der Waals surface area (Å²) in [5, 5.41) is 18.0. The van der Waals surface area contributed by atoms with Gasteiger partial charge in [0.25, 0.3) is 0 Å². The van der Waals surface area contributed by atoms with E-state index >= 15 is 0 Å². The van der Waals surface area contributed by atoms with Gasteiger partial charge in [0, 0.05) is 25.0 Å². The molecule has 2 aromatic heterocycles. The van der Waals surface area contributed by atoms with E-state index in [1.165, 1.54) is 0 Å². The molecule has 0 aliphatic heterocycles. The molecule has 3 rings (SSSR count). The minimum Gasteiger partial charge on any atom is -0.393 e. The van der Waals surface area contributed by atoms with E-state index in [2.05, 4.69) is 46.2 Å². The van der Waals surface area contributed by atoms with Crippen molar-refractivity contribution in [2.45, 2.75) is 50.8 Å². The molecule has 1 fully saturated rings. The maximum atomic E-state index is 9.69. The predicted octanol–water partition coefficient (Wildman–Crippen LogP) is 3.00. The zero-order valence-electron chi connectivity index (χ0n) is 16.5. The van der Waals surface area contributed by atoms with Crippen LogP contribution in [0.25, 0.3) is 0 Å². The van der Waals surface area contributed by atoms with Crippen LogP contribution >= 0.6 is 11.6 Å². The minimum absolute atomic E-state index is 0.174. The normalized spacial score (nSPS) is 19.3. The van der Waals surface area contributed by atoms with Crippen LogP contribution in [0, 0.1) is 11.8 Å². The number of anilines is 1. The summed E-state index contributed by atoms with van der Waals surface area (Å²) in [6.45, 7) is 1.91. The fourth-order valence-corrected chi connectivity index (χ4v) is 3.49. The molecule has 0 saturated heterocycles. The van der Waals surface area contributed by atoms with Gasteiger partial charge in [-0.15, -0.1) is 0 Å². The van der Waals surface area contributed by atoms with E-state index in [1.54, 1.807) is 12.4 Å². The summed E-state index contributed by atoms with van der Waals surface area (Å²) in [7, 11) is 4.14. The zero-order chi connectivity index (χ0) is 19.9. The highest BCUT2D eigenvalue weighted by atomic mass is 35.5. The highest BCUT2D eigenvalue weighted by Crippen LogP contribution is 2.25. The van der Waals surface area contributed by atoms with Crippen molar-refractivity contribution in [1.29, 1.82) is 0 Å². The first-order chi connectivity index (χ1) is 13.5. The number of pyridine rings is 1. The molecule has 0 spiro atoms. The van der Waals surface area contributed by atoms with Gasteiger partial charge in [0.2, 0.25) is 0 Å². The van der Waals surface area contributed by atoms with Crippen LogP contribution in [0.3, 0.4) is 0 Å². The second-order valence-corrected chi connectivity index (χ2v) is 7.99. The Balaban J connectivity index is 1.67. The van der Waals surface area contributed by atoms with Gasteiger partial charge >= 0.3 is 0 Å². The van der Waals surface area contributed by atoms with Crippen LogP contribution in [-0.4, -0.2) is 57.6 Å². The maximum Gasteiger partial charge on any atom is 0.131 e. The lowest BCUT2D eigenvalue weighted by molar-refractivity contribution is 0.126. The number of aliphatic hydroxyl groups is 1. The van der Waals surface area contributed by atoms with Crippen LogP contribution in [0.15, 0.2) is 24.7 Å². The molecule has 1 saturated carbocycles. The van der Waals surface area contributed by atoms with Gasteiger partial charge in [-0.05, 0) is 58.8 Å². The molecule has 0 amide bonds. The first kappa shape index (κ1) is 20.7. The van der Waals surface area contributed by atoms with Crippen molar-refractivity contribution in [2.75, 3.05) is 26.0 Å². The van der Waals surface area contributed by atoms with E-state index in [0.717, 1.165) is 62.0 Å². The molecule has 2 heterocycles. The number of nitrogens with zero attached hydrogens (tertiary/aromatic N) is 4. The molecular weight excluding hydrogens is 374 g/mol. The van der Waals surface area contributed by atoms with Crippen LogP contribution in [0.2, 0.25) is 5.15 Å². The third kappa shape index (κ3) is 6.23. The molecule has 0 radical (unpaired) electrons. The van der Waals surface area contributed by atoms with Crippen molar-refractivity contribution in [3.63, 3.8) is 0 Å². The number of aromatic nitrogens is 3. The molecule has 28 heavy (non-hydrogen) atoms. The number of aryl methyl sites for hydroxylation is 1. The Morgan fingerprint density at radius 2 is 2.04 bits per heavy atom. The standard InChI is InChI=1S/C21H28ClN5O/c1-26(2)10-3-11-27-15-16(13-24-27)4-5-17-14-23-21(22)12-20(17)25-18-6-8-19(28)9-7-18/h12-15,18-19,28H,3,6-11H2,1-2H3,(H,23,25). The van der Waals surface area contributed by atoms with Crippen LogP contribution < -0.4 is 5.32 Å². The van der Waals surface area contributed by atoms with E-state index < -0.39 is 0 Å². The average molecular weight is 402 g/mol. The summed E-state index contributed by atoms with van der Waals surface area (Å²) in [4.78, 5) is 6.34. The Kier molecular flexibility index (Phi) is 7.32. The molecule has 7 heteroatoms. The highest BCUT2D eigenvalue weighted by Gasteiger charge is 2.20. The topological polar surface area (TPSA) is 66.2 Å². The molecule has 1 aliphatic carbocycles. The van der Waals surface area contributed by atoms with Crippen molar-refractivity contribution < 1.29 is 5.11 Å². The summed E-state index contributed by atoms with van der Waals surface area (Å²) in [6.07, 6.45) is 9.87. The predicted molar refractivity (Wildman–Crippen MR) is 113 cm³/mol. The monoisotopic (exact) mass is 401 g/mol. The molecule has 0 bridgehead atoms. The summed E-state index contributed by atoms with van der Waals surface area (Å²) in [6, 6.07) is 2.14. The molecule has 0 aromatic carbocycles. The van der Waals surface area contributed by atoms with Crippen LogP contribution in [0.1, 0.15) is 43.2 Å². The lowest BCUT2D eigenvalue weighted by atomic mass is 9.93. The van der Waals surface area contributed by atoms with E-state index in [9.17, 15) is 5.11 Å². The van der Waals surface area contributed by atoms with Crippen molar-refractivity contribution >= 4 is 17.3 Å². The lowest BCUT2D eigenvalue weighted by Crippen LogP contribution is -2.28. The number of halogens is 1.